The molecule has 1 aromatic rings. The SMILES string of the molecule is O=C(Oc1ccccc1)C1[C@H]2CCCC[C@H]12. The van der Waals surface area contributed by atoms with Crippen LogP contribution in [0.5, 0.6) is 5.75 Å². The molecule has 0 amide bonds. The summed E-state index contributed by atoms with van der Waals surface area (Å²) >= 11 is 0. The summed E-state index contributed by atoms with van der Waals surface area (Å²) in [4.78, 5) is 11.9. The number of para-hydroxylation sites is 1. The molecule has 2 saturated carbocycles. The Labute approximate surface area is 95.6 Å². The Morgan fingerprint density at radius 3 is 2.31 bits per heavy atom. The largest absolute Gasteiger partial charge is 0.426 e. The van der Waals surface area contributed by atoms with Crippen molar-refractivity contribution < 1.29 is 9.53 Å². The maximum Gasteiger partial charge on any atom is 0.314 e. The number of fused-ring (bicyclic) bond motifs is 1. The topological polar surface area (TPSA) is 26.3 Å². The predicted octanol–water partition coefficient (Wildman–Crippen LogP) is 3.03. The summed E-state index contributed by atoms with van der Waals surface area (Å²) in [5.41, 5.74) is 0. The fraction of sp³-hybridized carbons (Fsp3) is 0.500. The first-order chi connectivity index (χ1) is 7.86. The van der Waals surface area contributed by atoms with Crippen LogP contribution in [-0.2, 0) is 4.79 Å². The van der Waals surface area contributed by atoms with Crippen LogP contribution in [0.15, 0.2) is 30.3 Å². The molecule has 2 nitrogen and oxygen atoms in total. The number of esters is 1. The summed E-state index contributed by atoms with van der Waals surface area (Å²) in [6.07, 6.45) is 5.02. The van der Waals surface area contributed by atoms with Crippen LogP contribution in [0.25, 0.3) is 0 Å². The van der Waals surface area contributed by atoms with E-state index >= 15 is 0 Å². The van der Waals surface area contributed by atoms with Crippen LogP contribution < -0.4 is 4.74 Å². The average Bonchev–Trinajstić information content (AvgIpc) is 3.04. The molecule has 0 bridgehead atoms. The second-order valence-corrected chi connectivity index (χ2v) is 4.87. The molecule has 0 heterocycles. The molecule has 0 unspecified atom stereocenters. The van der Waals surface area contributed by atoms with Gasteiger partial charge in [0.05, 0.1) is 5.92 Å². The van der Waals surface area contributed by atoms with E-state index in [0.717, 1.165) is 0 Å². The van der Waals surface area contributed by atoms with Crippen LogP contribution in [0.1, 0.15) is 25.7 Å². The smallest absolute Gasteiger partial charge is 0.314 e. The second kappa shape index (κ2) is 3.93. The van der Waals surface area contributed by atoms with Gasteiger partial charge in [-0.2, -0.15) is 0 Å². The minimum absolute atomic E-state index is 0.0110. The molecule has 2 heteroatoms. The molecule has 2 fully saturated rings. The van der Waals surface area contributed by atoms with E-state index in [0.29, 0.717) is 17.6 Å². The second-order valence-electron chi connectivity index (χ2n) is 4.87. The normalized spacial score (nSPS) is 31.6. The van der Waals surface area contributed by atoms with E-state index in [1.165, 1.54) is 25.7 Å². The van der Waals surface area contributed by atoms with E-state index in [9.17, 15) is 4.79 Å². The van der Waals surface area contributed by atoms with Gasteiger partial charge in [0.25, 0.3) is 0 Å². The summed E-state index contributed by atoms with van der Waals surface area (Å²) in [7, 11) is 0. The van der Waals surface area contributed by atoms with Gasteiger partial charge in [0, 0.05) is 0 Å². The van der Waals surface area contributed by atoms with Crippen LogP contribution in [0.4, 0.5) is 0 Å². The van der Waals surface area contributed by atoms with Crippen LogP contribution >= 0.6 is 0 Å². The molecule has 0 aromatic heterocycles. The Bertz CT molecular complexity index is 373. The molecule has 0 aliphatic heterocycles. The van der Waals surface area contributed by atoms with Gasteiger partial charge in [-0.25, -0.2) is 0 Å². The molecule has 0 spiro atoms. The zero-order valence-electron chi connectivity index (χ0n) is 9.26. The van der Waals surface area contributed by atoms with Gasteiger partial charge in [0.2, 0.25) is 0 Å². The first-order valence-electron chi connectivity index (χ1n) is 6.13. The van der Waals surface area contributed by atoms with E-state index in [4.69, 9.17) is 4.74 Å². The van der Waals surface area contributed by atoms with Gasteiger partial charge in [-0.1, -0.05) is 31.0 Å². The lowest BCUT2D eigenvalue weighted by molar-refractivity contribution is -0.136. The molecule has 16 heavy (non-hydrogen) atoms. The summed E-state index contributed by atoms with van der Waals surface area (Å²) < 4.78 is 5.39. The Kier molecular flexibility index (Phi) is 2.43. The molecule has 0 N–H and O–H groups in total. The number of benzene rings is 1. The molecule has 2 atom stereocenters. The van der Waals surface area contributed by atoms with Crippen LogP contribution in [0, 0.1) is 17.8 Å². The van der Waals surface area contributed by atoms with Crippen molar-refractivity contribution in [3.63, 3.8) is 0 Å². The van der Waals surface area contributed by atoms with E-state index in [-0.39, 0.29) is 11.9 Å². The van der Waals surface area contributed by atoms with Crippen molar-refractivity contribution in [2.45, 2.75) is 25.7 Å². The van der Waals surface area contributed by atoms with Crippen LogP contribution in [0.3, 0.4) is 0 Å². The molecular formula is C14H16O2. The van der Waals surface area contributed by atoms with Crippen molar-refractivity contribution in [1.82, 2.24) is 0 Å². The molecule has 2 aliphatic rings. The Hall–Kier alpha value is -1.31. The van der Waals surface area contributed by atoms with E-state index < -0.39 is 0 Å². The number of rotatable bonds is 2. The van der Waals surface area contributed by atoms with E-state index in [2.05, 4.69) is 0 Å². The Morgan fingerprint density at radius 2 is 1.69 bits per heavy atom. The fourth-order valence-corrected chi connectivity index (χ4v) is 3.01. The third kappa shape index (κ3) is 1.73. The molecule has 3 rings (SSSR count). The zero-order chi connectivity index (χ0) is 11.0. The quantitative estimate of drug-likeness (QED) is 0.561. The van der Waals surface area contributed by atoms with Gasteiger partial charge in [-0.05, 0) is 36.8 Å². The van der Waals surface area contributed by atoms with Crippen molar-refractivity contribution in [2.75, 3.05) is 0 Å². The van der Waals surface area contributed by atoms with Crippen molar-refractivity contribution in [3.8, 4) is 5.75 Å². The van der Waals surface area contributed by atoms with E-state index in [1.807, 2.05) is 30.3 Å². The highest BCUT2D eigenvalue weighted by atomic mass is 16.5. The summed E-state index contributed by atoms with van der Waals surface area (Å²) in [6, 6.07) is 9.38. The maximum absolute atomic E-state index is 11.9. The zero-order valence-corrected chi connectivity index (χ0v) is 9.26. The molecule has 1 aromatic carbocycles. The number of carbonyl (C=O) groups excluding carboxylic acids is 1. The van der Waals surface area contributed by atoms with Gasteiger partial charge in [0.1, 0.15) is 5.75 Å². The molecular weight excluding hydrogens is 200 g/mol. The van der Waals surface area contributed by atoms with Gasteiger partial charge in [-0.3, -0.25) is 4.79 Å². The highest BCUT2D eigenvalue weighted by Crippen LogP contribution is 2.55. The highest BCUT2D eigenvalue weighted by Gasteiger charge is 2.55. The molecule has 84 valence electrons. The number of hydrogen-bond donors (Lipinski definition) is 0. The summed E-state index contributed by atoms with van der Waals surface area (Å²) in [5, 5.41) is 0. The highest BCUT2D eigenvalue weighted by molar-refractivity contribution is 5.78. The van der Waals surface area contributed by atoms with Crippen molar-refractivity contribution in [2.24, 2.45) is 17.8 Å². The lowest BCUT2D eigenvalue weighted by Gasteiger charge is -2.04. The minimum atomic E-state index is -0.0110. The lowest BCUT2D eigenvalue weighted by atomic mass is 10.0. The van der Waals surface area contributed by atoms with Crippen molar-refractivity contribution in [1.29, 1.82) is 0 Å². The van der Waals surface area contributed by atoms with Crippen molar-refractivity contribution in [3.05, 3.63) is 30.3 Å². The lowest BCUT2D eigenvalue weighted by Crippen LogP contribution is -2.12. The Balaban J connectivity index is 1.63. The predicted molar refractivity (Wildman–Crippen MR) is 61.0 cm³/mol. The number of hydrogen-bond acceptors (Lipinski definition) is 2. The van der Waals surface area contributed by atoms with Gasteiger partial charge in [0.15, 0.2) is 0 Å². The van der Waals surface area contributed by atoms with Crippen molar-refractivity contribution >= 4 is 5.97 Å². The third-order valence-corrected chi connectivity index (χ3v) is 3.89. The minimum Gasteiger partial charge on any atom is -0.426 e. The van der Waals surface area contributed by atoms with Gasteiger partial charge >= 0.3 is 5.97 Å². The fourth-order valence-electron chi connectivity index (χ4n) is 3.01. The first kappa shape index (κ1) is 9.88. The number of carbonyl (C=O) groups is 1. The van der Waals surface area contributed by atoms with Gasteiger partial charge in [-0.15, -0.1) is 0 Å². The third-order valence-electron chi connectivity index (χ3n) is 3.89. The van der Waals surface area contributed by atoms with Crippen LogP contribution in [-0.4, -0.2) is 5.97 Å². The monoisotopic (exact) mass is 216 g/mol. The molecule has 0 radical (unpaired) electrons. The average molecular weight is 216 g/mol. The first-order valence-corrected chi connectivity index (χ1v) is 6.13. The molecule has 2 aliphatic carbocycles. The molecule has 0 saturated heterocycles. The Morgan fingerprint density at radius 1 is 1.06 bits per heavy atom. The standard InChI is InChI=1S/C14H16O2/c15-14(16-10-6-2-1-3-7-10)13-11-8-4-5-9-12(11)13/h1-3,6-7,11-13H,4-5,8-9H2/t11-,12-/m0/s1. The maximum atomic E-state index is 11.9. The summed E-state index contributed by atoms with van der Waals surface area (Å²) in [6.45, 7) is 0. The summed E-state index contributed by atoms with van der Waals surface area (Å²) in [5.74, 6) is 2.12. The van der Waals surface area contributed by atoms with Gasteiger partial charge < -0.3 is 4.74 Å². The number of ether oxygens (including phenoxy) is 1. The van der Waals surface area contributed by atoms with Crippen LogP contribution in [0.2, 0.25) is 0 Å². The van der Waals surface area contributed by atoms with E-state index in [1.54, 1.807) is 0 Å².